The van der Waals surface area contributed by atoms with E-state index in [-0.39, 0.29) is 0 Å². The van der Waals surface area contributed by atoms with E-state index in [0.29, 0.717) is 17.4 Å². The summed E-state index contributed by atoms with van der Waals surface area (Å²) in [4.78, 5) is 2.36. The predicted octanol–water partition coefficient (Wildman–Crippen LogP) is 0.0953. The van der Waals surface area contributed by atoms with E-state index in [4.69, 9.17) is 0 Å². The van der Waals surface area contributed by atoms with Crippen molar-refractivity contribution in [1.82, 2.24) is 10.2 Å². The molecule has 0 saturated heterocycles. The Labute approximate surface area is 57.5 Å². The molecule has 0 amide bonds. The molecule has 0 atom stereocenters. The number of rotatable bonds is 0. The highest BCUT2D eigenvalue weighted by Crippen LogP contribution is 2.14. The van der Waals surface area contributed by atoms with Crippen LogP contribution in [0.2, 0.25) is 0 Å². The minimum Gasteiger partial charge on any atom is -0.691 e. The monoisotopic (exact) mass is 138 g/mol. The molecule has 0 aromatic heterocycles. The van der Waals surface area contributed by atoms with Crippen LogP contribution in [-0.2, 0) is 0 Å². The molecule has 0 fully saturated rings. The minimum absolute atomic E-state index is 0.424. The first-order valence-electron chi connectivity index (χ1n) is 2.92. The molecule has 1 N–H and O–H groups in total. The smallest absolute Gasteiger partial charge is 0.323 e. The van der Waals surface area contributed by atoms with Crippen molar-refractivity contribution in [2.45, 2.75) is 0 Å². The van der Waals surface area contributed by atoms with Gasteiger partial charge in [-0.1, -0.05) is 5.11 Å². The molecule has 5 nitrogen and oxygen atoms in total. The van der Waals surface area contributed by atoms with Crippen LogP contribution in [0, 0.1) is 5.21 Å². The van der Waals surface area contributed by atoms with Crippen LogP contribution in [0.3, 0.4) is 0 Å². The fraction of sp³-hybridized carbons (Fsp3) is 0.200. The Hall–Kier alpha value is -1.52. The van der Waals surface area contributed by atoms with Crippen molar-refractivity contribution >= 4 is 0 Å². The highest BCUT2D eigenvalue weighted by molar-refractivity contribution is 5.04. The normalized spacial score (nSPS) is 21.4. The molecule has 2 heterocycles. The van der Waals surface area contributed by atoms with Crippen LogP contribution in [0.4, 0.5) is 0 Å². The largest absolute Gasteiger partial charge is 0.691 e. The first-order chi connectivity index (χ1) is 4.88. The molecule has 0 bridgehead atoms. The zero-order chi connectivity index (χ0) is 6.97. The average Bonchev–Trinajstić information content (AvgIpc) is 2.34. The van der Waals surface area contributed by atoms with Crippen LogP contribution in [0.5, 0.6) is 0 Å². The Morgan fingerprint density at radius 2 is 2.70 bits per heavy atom. The third-order valence-electron chi connectivity index (χ3n) is 1.40. The van der Waals surface area contributed by atoms with E-state index in [1.807, 2.05) is 0 Å². The summed E-state index contributed by atoms with van der Waals surface area (Å²) in [6.07, 6.45) is 5.14. The molecule has 5 heteroatoms. The molecule has 10 heavy (non-hydrogen) atoms. The van der Waals surface area contributed by atoms with Gasteiger partial charge < -0.3 is 10.5 Å². The first-order valence-corrected chi connectivity index (χ1v) is 2.92. The van der Waals surface area contributed by atoms with Gasteiger partial charge in [-0.3, -0.25) is 0 Å². The topological polar surface area (TPSA) is 53.7 Å². The lowest BCUT2D eigenvalue weighted by Gasteiger charge is -2.10. The van der Waals surface area contributed by atoms with Gasteiger partial charge in [0.1, 0.15) is 6.20 Å². The second kappa shape index (κ2) is 1.73. The van der Waals surface area contributed by atoms with Crippen molar-refractivity contribution in [1.29, 1.82) is 0 Å². The Kier molecular flexibility index (Phi) is 0.913. The molecule has 2 aliphatic rings. The fourth-order valence-corrected chi connectivity index (χ4v) is 0.898. The average molecular weight is 138 g/mol. The van der Waals surface area contributed by atoms with E-state index in [1.54, 1.807) is 23.5 Å². The molecular weight excluding hydrogens is 132 g/mol. The second-order valence-corrected chi connectivity index (χ2v) is 2.01. The molecule has 2 aliphatic heterocycles. The molecule has 0 radical (unpaired) electrons. The summed E-state index contributed by atoms with van der Waals surface area (Å²) in [5.74, 6) is 0.544. The van der Waals surface area contributed by atoms with Crippen LogP contribution < -0.4 is 5.32 Å². The maximum Gasteiger partial charge on any atom is 0.323 e. The van der Waals surface area contributed by atoms with Crippen molar-refractivity contribution in [2.24, 2.45) is 5.11 Å². The van der Waals surface area contributed by atoms with E-state index < -0.39 is 0 Å². The van der Waals surface area contributed by atoms with Gasteiger partial charge in [0.05, 0.1) is 6.20 Å². The summed E-state index contributed by atoms with van der Waals surface area (Å²) >= 11 is 0. The quantitative estimate of drug-likeness (QED) is 0.381. The number of fused-ring (bicyclic) bond motifs is 1. The van der Waals surface area contributed by atoms with Gasteiger partial charge in [-0.2, -0.15) is 0 Å². The van der Waals surface area contributed by atoms with E-state index in [1.165, 1.54) is 0 Å². The highest BCUT2D eigenvalue weighted by Gasteiger charge is 2.25. The third kappa shape index (κ3) is 0.570. The van der Waals surface area contributed by atoms with Gasteiger partial charge >= 0.3 is 5.82 Å². The molecule has 0 aromatic carbocycles. The predicted molar refractivity (Wildman–Crippen MR) is 33.1 cm³/mol. The Bertz CT molecular complexity index is 242. The zero-order valence-electron chi connectivity index (χ0n) is 5.19. The number of nitrogens with zero attached hydrogens (tertiary/aromatic N) is 3. The number of hydrogen-bond acceptors (Lipinski definition) is 4. The lowest BCUT2D eigenvalue weighted by Crippen LogP contribution is -2.20. The molecule has 0 spiro atoms. The number of nitrogens with one attached hydrogen (secondary N) is 1. The summed E-state index contributed by atoms with van der Waals surface area (Å²) in [7, 11) is 0. The van der Waals surface area contributed by atoms with Gasteiger partial charge in [0.25, 0.3) is 0 Å². The third-order valence-corrected chi connectivity index (χ3v) is 1.40. The maximum atomic E-state index is 10.8. The lowest BCUT2D eigenvalue weighted by molar-refractivity contribution is -0.474. The molecule has 0 aromatic rings. The second-order valence-electron chi connectivity index (χ2n) is 2.01. The van der Waals surface area contributed by atoms with Gasteiger partial charge in [0, 0.05) is 6.20 Å². The SMILES string of the molecule is [O-][N+]1=NCN2C=CNC=C21. The van der Waals surface area contributed by atoms with Gasteiger partial charge in [0.15, 0.2) is 0 Å². The van der Waals surface area contributed by atoms with E-state index in [0.717, 1.165) is 0 Å². The molecule has 0 unspecified atom stereocenters. The Morgan fingerprint density at radius 1 is 1.80 bits per heavy atom. The standard InChI is InChI=1S/C5H6N4O/c10-9-5-3-6-1-2-8(5)4-7-9/h1-3,6H,4H2. The van der Waals surface area contributed by atoms with Crippen LogP contribution in [0.15, 0.2) is 29.5 Å². The molecule has 52 valence electrons. The van der Waals surface area contributed by atoms with E-state index >= 15 is 0 Å². The van der Waals surface area contributed by atoms with E-state index in [9.17, 15) is 5.21 Å². The van der Waals surface area contributed by atoms with Gasteiger partial charge in [-0.25, -0.2) is 4.90 Å². The van der Waals surface area contributed by atoms with Crippen LogP contribution in [0.1, 0.15) is 0 Å². The Balaban J connectivity index is 2.32. The van der Waals surface area contributed by atoms with Crippen LogP contribution >= 0.6 is 0 Å². The van der Waals surface area contributed by atoms with Crippen LogP contribution in [0.25, 0.3) is 0 Å². The molecule has 0 aliphatic carbocycles. The van der Waals surface area contributed by atoms with Crippen LogP contribution in [-0.4, -0.2) is 16.4 Å². The highest BCUT2D eigenvalue weighted by atomic mass is 16.5. The molecule has 2 rings (SSSR count). The number of hydrogen-bond donors (Lipinski definition) is 1. The van der Waals surface area contributed by atoms with Crippen molar-refractivity contribution in [3.63, 3.8) is 0 Å². The summed E-state index contributed by atoms with van der Waals surface area (Å²) in [5.41, 5.74) is 0. The fourth-order valence-electron chi connectivity index (χ4n) is 0.898. The maximum absolute atomic E-state index is 10.8. The molecular formula is C5H6N4O. The molecule has 0 saturated carbocycles. The van der Waals surface area contributed by atoms with Gasteiger partial charge in [0.2, 0.25) is 6.67 Å². The number of hydroxylamine groups is 1. The summed E-state index contributed by atoms with van der Waals surface area (Å²) in [6.45, 7) is 0.424. The summed E-state index contributed by atoms with van der Waals surface area (Å²) < 4.78 is 0. The van der Waals surface area contributed by atoms with Gasteiger partial charge in [-0.05, 0) is 0 Å². The summed E-state index contributed by atoms with van der Waals surface area (Å²) in [6, 6.07) is 0. The lowest BCUT2D eigenvalue weighted by atomic mass is 10.5. The van der Waals surface area contributed by atoms with Gasteiger partial charge in [-0.15, -0.1) is 4.86 Å². The summed E-state index contributed by atoms with van der Waals surface area (Å²) in [5, 5.41) is 17.2. The van der Waals surface area contributed by atoms with Crippen molar-refractivity contribution < 1.29 is 4.86 Å². The van der Waals surface area contributed by atoms with Crippen molar-refractivity contribution in [3.8, 4) is 0 Å². The minimum atomic E-state index is 0.424. The zero-order valence-corrected chi connectivity index (χ0v) is 5.19. The first kappa shape index (κ1) is 5.28. The number of azo groups is 1. The van der Waals surface area contributed by atoms with Crippen molar-refractivity contribution in [2.75, 3.05) is 6.67 Å². The Morgan fingerprint density at radius 3 is 3.50 bits per heavy atom. The van der Waals surface area contributed by atoms with Crippen molar-refractivity contribution in [3.05, 3.63) is 29.6 Å². The van der Waals surface area contributed by atoms with E-state index in [2.05, 4.69) is 10.4 Å².